The molecule has 150 valence electrons. The molecule has 7 nitrogen and oxygen atoms in total. The number of hydrogen-bond acceptors (Lipinski definition) is 5. The van der Waals surface area contributed by atoms with Gasteiger partial charge in [0, 0.05) is 25.3 Å². The fraction of sp³-hybridized carbons (Fsp3) is 0.444. The Morgan fingerprint density at radius 3 is 2.71 bits per heavy atom. The number of rotatable bonds is 3. The molecule has 2 aromatic rings. The molecule has 28 heavy (non-hydrogen) atoms. The van der Waals surface area contributed by atoms with Crippen molar-refractivity contribution < 1.29 is 27.8 Å². The number of nitrogens with two attached hydrogens (primary N) is 1. The van der Waals surface area contributed by atoms with Crippen molar-refractivity contribution in [1.29, 1.82) is 0 Å². The first-order valence-corrected chi connectivity index (χ1v) is 8.76. The van der Waals surface area contributed by atoms with Crippen LogP contribution in [0.15, 0.2) is 17.1 Å². The second kappa shape index (κ2) is 6.40. The number of halogens is 3. The Hall–Kier alpha value is -2.75. The predicted octanol–water partition coefficient (Wildman–Crippen LogP) is 1.82. The van der Waals surface area contributed by atoms with Gasteiger partial charge in [0.15, 0.2) is 11.6 Å². The molecular formula is C18H18F3N3O4. The summed E-state index contributed by atoms with van der Waals surface area (Å²) in [4.78, 5) is 25.4. The summed E-state index contributed by atoms with van der Waals surface area (Å²) in [6.07, 6.45) is -1.43. The van der Waals surface area contributed by atoms with E-state index in [0.29, 0.717) is 0 Å². The maximum absolute atomic E-state index is 15.0. The maximum Gasteiger partial charge on any atom is 0.341 e. The van der Waals surface area contributed by atoms with Gasteiger partial charge in [-0.3, -0.25) is 4.79 Å². The van der Waals surface area contributed by atoms with Crippen molar-refractivity contribution in [1.82, 2.24) is 4.57 Å². The minimum Gasteiger partial charge on any atom is -0.487 e. The average Bonchev–Trinajstić information content (AvgIpc) is 3.00. The van der Waals surface area contributed by atoms with E-state index in [2.05, 4.69) is 0 Å². The van der Waals surface area contributed by atoms with Crippen LogP contribution >= 0.6 is 0 Å². The highest BCUT2D eigenvalue weighted by Gasteiger charge is 2.39. The van der Waals surface area contributed by atoms with Crippen LogP contribution in [0.4, 0.5) is 18.9 Å². The summed E-state index contributed by atoms with van der Waals surface area (Å²) in [5.74, 6) is -3.32. The summed E-state index contributed by atoms with van der Waals surface area (Å²) in [7, 11) is 0. The number of hydrogen-bond donors (Lipinski definition) is 2. The van der Waals surface area contributed by atoms with Crippen LogP contribution in [0, 0.1) is 11.7 Å². The number of alkyl halides is 2. The molecule has 3 heterocycles. The third-order valence-electron chi connectivity index (χ3n) is 5.42. The molecule has 2 aliphatic rings. The third-order valence-corrected chi connectivity index (χ3v) is 5.42. The SMILES string of the molecule is CC1COc2c(N3CC(N)C(C(F)F)C3)c(F)cc3c(=O)c(C(=O)O)cn1c23. The molecule has 0 spiro atoms. The molecule has 1 aromatic heterocycles. The highest BCUT2D eigenvalue weighted by Crippen LogP contribution is 2.43. The van der Waals surface area contributed by atoms with Gasteiger partial charge in [0.1, 0.15) is 17.9 Å². The third kappa shape index (κ3) is 2.62. The van der Waals surface area contributed by atoms with Gasteiger partial charge in [-0.15, -0.1) is 0 Å². The van der Waals surface area contributed by atoms with Gasteiger partial charge in [-0.05, 0) is 13.0 Å². The zero-order valence-electron chi connectivity index (χ0n) is 14.9. The van der Waals surface area contributed by atoms with E-state index in [9.17, 15) is 27.9 Å². The number of benzene rings is 1. The van der Waals surface area contributed by atoms with Crippen molar-refractivity contribution in [2.24, 2.45) is 11.7 Å². The fourth-order valence-electron chi connectivity index (χ4n) is 3.96. The first kappa shape index (κ1) is 18.6. The molecule has 3 N–H and O–H groups in total. The molecule has 10 heteroatoms. The minimum absolute atomic E-state index is 0.0147. The van der Waals surface area contributed by atoms with Crippen LogP contribution in [-0.2, 0) is 0 Å². The molecule has 0 radical (unpaired) electrons. The van der Waals surface area contributed by atoms with Gasteiger partial charge in [-0.25, -0.2) is 18.0 Å². The summed E-state index contributed by atoms with van der Waals surface area (Å²) < 4.78 is 48.6. The Kier molecular flexibility index (Phi) is 4.25. The number of anilines is 1. The van der Waals surface area contributed by atoms with Crippen molar-refractivity contribution in [2.45, 2.75) is 25.4 Å². The summed E-state index contributed by atoms with van der Waals surface area (Å²) in [5.41, 5.74) is 4.72. The molecule has 3 unspecified atom stereocenters. The molecule has 1 saturated heterocycles. The van der Waals surface area contributed by atoms with Gasteiger partial charge >= 0.3 is 5.97 Å². The monoisotopic (exact) mass is 397 g/mol. The van der Waals surface area contributed by atoms with Crippen LogP contribution in [-0.4, -0.2) is 47.8 Å². The molecule has 0 bridgehead atoms. The number of ether oxygens (including phenoxy) is 1. The number of carboxylic acid groups (broad SMARTS) is 1. The lowest BCUT2D eigenvalue weighted by Crippen LogP contribution is -2.33. The van der Waals surface area contributed by atoms with E-state index in [0.717, 1.165) is 6.07 Å². The van der Waals surface area contributed by atoms with Gasteiger partial charge < -0.3 is 25.0 Å². The van der Waals surface area contributed by atoms with Crippen LogP contribution in [0.1, 0.15) is 23.3 Å². The molecule has 0 saturated carbocycles. The van der Waals surface area contributed by atoms with Gasteiger partial charge in [-0.2, -0.15) is 0 Å². The van der Waals surface area contributed by atoms with Crippen LogP contribution in [0.25, 0.3) is 10.9 Å². The van der Waals surface area contributed by atoms with E-state index in [1.807, 2.05) is 0 Å². The van der Waals surface area contributed by atoms with Crippen molar-refractivity contribution in [3.05, 3.63) is 33.9 Å². The molecule has 2 aliphatic heterocycles. The summed E-state index contributed by atoms with van der Waals surface area (Å²) in [5, 5.41) is 9.17. The van der Waals surface area contributed by atoms with Crippen molar-refractivity contribution in [2.75, 3.05) is 24.6 Å². The normalized spacial score (nSPS) is 24.1. The number of nitrogens with zero attached hydrogens (tertiary/aromatic N) is 2. The first-order chi connectivity index (χ1) is 13.2. The van der Waals surface area contributed by atoms with Crippen LogP contribution < -0.4 is 20.8 Å². The van der Waals surface area contributed by atoms with E-state index in [1.54, 1.807) is 11.5 Å². The predicted molar refractivity (Wildman–Crippen MR) is 95.0 cm³/mol. The molecule has 4 rings (SSSR count). The Balaban J connectivity index is 1.97. The summed E-state index contributed by atoms with van der Waals surface area (Å²) in [6, 6.07) is -0.190. The largest absolute Gasteiger partial charge is 0.487 e. The molecule has 1 aromatic carbocycles. The smallest absolute Gasteiger partial charge is 0.341 e. The highest BCUT2D eigenvalue weighted by atomic mass is 19.3. The van der Waals surface area contributed by atoms with Crippen LogP contribution in [0.3, 0.4) is 0 Å². The van der Waals surface area contributed by atoms with Crippen molar-refractivity contribution in [3.8, 4) is 5.75 Å². The zero-order chi connectivity index (χ0) is 20.3. The number of carboxylic acids is 1. The fourth-order valence-corrected chi connectivity index (χ4v) is 3.96. The van der Waals surface area contributed by atoms with E-state index >= 15 is 0 Å². The van der Waals surface area contributed by atoms with E-state index < -0.39 is 41.2 Å². The number of aromatic nitrogens is 1. The van der Waals surface area contributed by atoms with Crippen molar-refractivity contribution in [3.63, 3.8) is 0 Å². The van der Waals surface area contributed by atoms with Gasteiger partial charge in [0.2, 0.25) is 11.9 Å². The van der Waals surface area contributed by atoms with E-state index in [1.165, 1.54) is 11.1 Å². The van der Waals surface area contributed by atoms with Gasteiger partial charge in [0.25, 0.3) is 0 Å². The zero-order valence-corrected chi connectivity index (χ0v) is 14.9. The Labute approximate surface area is 157 Å². The number of pyridine rings is 1. The van der Waals surface area contributed by atoms with E-state index in [-0.39, 0.29) is 48.1 Å². The molecular weight excluding hydrogens is 379 g/mol. The second-order valence-corrected chi connectivity index (χ2v) is 7.24. The molecule has 0 aliphatic carbocycles. The topological polar surface area (TPSA) is 97.8 Å². The second-order valence-electron chi connectivity index (χ2n) is 7.24. The highest BCUT2D eigenvalue weighted by molar-refractivity contribution is 5.97. The Morgan fingerprint density at radius 2 is 2.11 bits per heavy atom. The van der Waals surface area contributed by atoms with Crippen molar-refractivity contribution >= 4 is 22.6 Å². The lowest BCUT2D eigenvalue weighted by Gasteiger charge is -2.31. The standard InChI is InChI=1S/C18H18F3N3O4/c1-7-6-28-16-13-8(15(25)10(18(26)27)4-24(7)13)2-11(19)14(16)23-3-9(17(20)21)12(22)5-23/h2,4,7,9,12,17H,3,5-6,22H2,1H3,(H,26,27). The Morgan fingerprint density at radius 1 is 1.39 bits per heavy atom. The van der Waals surface area contributed by atoms with Gasteiger partial charge in [0.05, 0.1) is 22.9 Å². The summed E-state index contributed by atoms with van der Waals surface area (Å²) >= 11 is 0. The average molecular weight is 397 g/mol. The van der Waals surface area contributed by atoms with E-state index in [4.69, 9.17) is 10.5 Å². The lowest BCUT2D eigenvalue weighted by molar-refractivity contribution is 0.0694. The van der Waals surface area contributed by atoms with Gasteiger partial charge in [-0.1, -0.05) is 0 Å². The number of carbonyl (C=O) groups is 1. The van der Waals surface area contributed by atoms with Crippen LogP contribution in [0.5, 0.6) is 5.75 Å². The summed E-state index contributed by atoms with van der Waals surface area (Å²) in [6.45, 7) is 1.74. The molecule has 3 atom stereocenters. The minimum atomic E-state index is -2.64. The number of aromatic carboxylic acids is 1. The Bertz CT molecular complexity index is 1040. The maximum atomic E-state index is 15.0. The quantitative estimate of drug-likeness (QED) is 0.820. The van der Waals surface area contributed by atoms with Crippen LogP contribution in [0.2, 0.25) is 0 Å². The first-order valence-electron chi connectivity index (χ1n) is 8.76. The molecule has 0 amide bonds. The lowest BCUT2D eigenvalue weighted by atomic mass is 10.1. The molecule has 1 fully saturated rings.